The van der Waals surface area contributed by atoms with Crippen LogP contribution in [0.25, 0.3) is 0 Å². The minimum atomic E-state index is -4.26. The van der Waals surface area contributed by atoms with E-state index in [1.165, 1.54) is 0 Å². The zero-order chi connectivity index (χ0) is 22.6. The molecule has 3 rings (SSSR count). The molecule has 12 heteroatoms. The minimum absolute atomic E-state index is 0.160. The smallest absolute Gasteiger partial charge is 0.387 e. The zero-order valence-electron chi connectivity index (χ0n) is 15.9. The molecule has 0 unspecified atom stereocenters. The van der Waals surface area contributed by atoms with Crippen LogP contribution in [0.5, 0.6) is 5.75 Å². The fourth-order valence-corrected chi connectivity index (χ4v) is 4.39. The van der Waals surface area contributed by atoms with Gasteiger partial charge in [0.2, 0.25) is 5.91 Å². The number of carbonyl (C=O) groups excluding carboxylic acids is 1. The summed E-state index contributed by atoms with van der Waals surface area (Å²) in [7, 11) is -4.26. The van der Waals surface area contributed by atoms with E-state index in [9.17, 15) is 22.0 Å². The molecule has 2 N–H and O–H groups in total. The van der Waals surface area contributed by atoms with Crippen LogP contribution < -0.4 is 14.8 Å². The van der Waals surface area contributed by atoms with Gasteiger partial charge in [-0.15, -0.1) is 0 Å². The van der Waals surface area contributed by atoms with Crippen molar-refractivity contribution in [2.45, 2.75) is 17.6 Å². The second-order valence-corrected chi connectivity index (χ2v) is 9.09. The normalized spacial score (nSPS) is 19.6. The molecule has 31 heavy (non-hydrogen) atoms. The molecule has 1 saturated heterocycles. The Hall–Kier alpha value is -1.98. The molecule has 2 aromatic carbocycles. The molecular formula is C19H18Cl2F2N2O5S. The number of benzene rings is 2. The highest BCUT2D eigenvalue weighted by Crippen LogP contribution is 2.32. The van der Waals surface area contributed by atoms with Gasteiger partial charge in [-0.3, -0.25) is 4.79 Å². The number of nitrogens with one attached hydrogen (secondary N) is 2. The third kappa shape index (κ3) is 6.05. The maximum Gasteiger partial charge on any atom is 0.387 e. The fourth-order valence-electron chi connectivity index (χ4n) is 3.05. The molecular weight excluding hydrogens is 477 g/mol. The van der Waals surface area contributed by atoms with Gasteiger partial charge in [0, 0.05) is 13.1 Å². The Kier molecular flexibility index (Phi) is 7.71. The standard InChI is InChI=1S/C19H18Cl2F2N2O5S/c20-15-6-1-11(9-16(15)21)17-14(10-24-7-8-29-17)18(26)25-31(27,28)13-4-2-12(3-5-13)30-19(22)23/h1-6,9,14,17,19,24H,7-8,10H2,(H,25,26)/t14-,17+/m1/s1. The van der Waals surface area contributed by atoms with Gasteiger partial charge in [-0.25, -0.2) is 13.1 Å². The molecule has 7 nitrogen and oxygen atoms in total. The minimum Gasteiger partial charge on any atom is -0.435 e. The molecule has 1 aliphatic rings. The second-order valence-electron chi connectivity index (χ2n) is 6.60. The third-order valence-electron chi connectivity index (χ3n) is 4.51. The Morgan fingerprint density at radius 2 is 1.87 bits per heavy atom. The van der Waals surface area contributed by atoms with Gasteiger partial charge < -0.3 is 14.8 Å². The highest BCUT2D eigenvalue weighted by atomic mass is 35.5. The molecule has 0 aliphatic carbocycles. The van der Waals surface area contributed by atoms with E-state index in [0.29, 0.717) is 23.7 Å². The highest BCUT2D eigenvalue weighted by molar-refractivity contribution is 7.90. The summed E-state index contributed by atoms with van der Waals surface area (Å²) in [6.45, 7) is -2.11. The van der Waals surface area contributed by atoms with E-state index in [0.717, 1.165) is 24.3 Å². The quantitative estimate of drug-likeness (QED) is 0.639. The summed E-state index contributed by atoms with van der Waals surface area (Å²) >= 11 is 12.0. The fraction of sp³-hybridized carbons (Fsp3) is 0.316. The first-order valence-corrected chi connectivity index (χ1v) is 11.3. The maximum atomic E-state index is 12.9. The molecule has 0 radical (unpaired) electrons. The summed E-state index contributed by atoms with van der Waals surface area (Å²) in [5.74, 6) is -1.89. The number of hydrogen-bond donors (Lipinski definition) is 2. The molecule has 168 valence electrons. The molecule has 1 fully saturated rings. The lowest BCUT2D eigenvalue weighted by molar-refractivity contribution is -0.127. The highest BCUT2D eigenvalue weighted by Gasteiger charge is 2.34. The molecule has 1 amide bonds. The van der Waals surface area contributed by atoms with Gasteiger partial charge in [0.05, 0.1) is 33.6 Å². The molecule has 2 atom stereocenters. The van der Waals surface area contributed by atoms with Crippen LogP contribution in [0.1, 0.15) is 11.7 Å². The van der Waals surface area contributed by atoms with Crippen LogP contribution in [0.3, 0.4) is 0 Å². The second kappa shape index (κ2) is 10.1. The first-order valence-electron chi connectivity index (χ1n) is 9.06. The molecule has 0 aromatic heterocycles. The molecule has 0 bridgehead atoms. The molecule has 1 aliphatic heterocycles. The van der Waals surface area contributed by atoms with Crippen LogP contribution in [0.15, 0.2) is 47.4 Å². The molecule has 2 aromatic rings. The van der Waals surface area contributed by atoms with Crippen molar-refractivity contribution in [1.82, 2.24) is 10.0 Å². The predicted octanol–water partition coefficient (Wildman–Crippen LogP) is 3.38. The summed E-state index contributed by atoms with van der Waals surface area (Å²) < 4.78 is 61.8. The van der Waals surface area contributed by atoms with E-state index in [1.54, 1.807) is 18.2 Å². The third-order valence-corrected chi connectivity index (χ3v) is 6.61. The summed E-state index contributed by atoms with van der Waals surface area (Å²) in [5.41, 5.74) is 0.573. The molecule has 1 heterocycles. The lowest BCUT2D eigenvalue weighted by Crippen LogP contribution is -2.41. The van der Waals surface area contributed by atoms with E-state index in [-0.39, 0.29) is 22.2 Å². The first kappa shape index (κ1) is 23.7. The van der Waals surface area contributed by atoms with E-state index in [4.69, 9.17) is 27.9 Å². The Bertz CT molecular complexity index is 1040. The summed E-state index contributed by atoms with van der Waals surface area (Å²) in [6, 6.07) is 9.05. The Morgan fingerprint density at radius 1 is 1.16 bits per heavy atom. The van der Waals surface area contributed by atoms with Crippen molar-refractivity contribution in [2.75, 3.05) is 19.7 Å². The number of sulfonamides is 1. The van der Waals surface area contributed by atoms with E-state index in [2.05, 4.69) is 10.1 Å². The number of alkyl halides is 2. The predicted molar refractivity (Wildman–Crippen MR) is 110 cm³/mol. The Balaban J connectivity index is 1.80. The lowest BCUT2D eigenvalue weighted by Gasteiger charge is -2.24. The van der Waals surface area contributed by atoms with Crippen LogP contribution in [0.4, 0.5) is 8.78 Å². The summed E-state index contributed by atoms with van der Waals surface area (Å²) in [5, 5.41) is 3.64. The molecule has 0 saturated carbocycles. The van der Waals surface area contributed by atoms with Gasteiger partial charge in [0.25, 0.3) is 10.0 Å². The van der Waals surface area contributed by atoms with Crippen LogP contribution in [0.2, 0.25) is 10.0 Å². The van der Waals surface area contributed by atoms with Crippen molar-refractivity contribution < 1.29 is 31.5 Å². The van der Waals surface area contributed by atoms with Crippen molar-refractivity contribution in [3.63, 3.8) is 0 Å². The van der Waals surface area contributed by atoms with Crippen molar-refractivity contribution in [3.8, 4) is 5.75 Å². The summed E-state index contributed by atoms with van der Waals surface area (Å²) in [6.07, 6.45) is -0.762. The van der Waals surface area contributed by atoms with Crippen LogP contribution in [-0.4, -0.2) is 40.6 Å². The van der Waals surface area contributed by atoms with Gasteiger partial charge in [0.15, 0.2) is 0 Å². The SMILES string of the molecule is O=C(NS(=O)(=O)c1ccc(OC(F)F)cc1)[C@@H]1CNCCO[C@H]1c1ccc(Cl)c(Cl)c1. The van der Waals surface area contributed by atoms with Gasteiger partial charge in [0.1, 0.15) is 5.75 Å². The topological polar surface area (TPSA) is 93.7 Å². The van der Waals surface area contributed by atoms with Crippen LogP contribution >= 0.6 is 23.2 Å². The van der Waals surface area contributed by atoms with Crippen molar-refractivity contribution >= 4 is 39.1 Å². The number of hydrogen-bond acceptors (Lipinski definition) is 6. The van der Waals surface area contributed by atoms with Crippen LogP contribution in [-0.2, 0) is 19.6 Å². The average molecular weight is 495 g/mol. The summed E-state index contributed by atoms with van der Waals surface area (Å²) in [4.78, 5) is 12.6. The first-order chi connectivity index (χ1) is 14.7. The lowest BCUT2D eigenvalue weighted by atomic mass is 9.95. The average Bonchev–Trinajstić information content (AvgIpc) is 2.96. The van der Waals surface area contributed by atoms with Crippen molar-refractivity contribution in [2.24, 2.45) is 5.92 Å². The van der Waals surface area contributed by atoms with Gasteiger partial charge >= 0.3 is 6.61 Å². The maximum absolute atomic E-state index is 12.9. The number of rotatable bonds is 6. The number of amides is 1. The Labute approximate surface area is 187 Å². The Morgan fingerprint density at radius 3 is 2.52 bits per heavy atom. The van der Waals surface area contributed by atoms with Crippen LogP contribution in [0, 0.1) is 5.92 Å². The van der Waals surface area contributed by atoms with Gasteiger partial charge in [-0.2, -0.15) is 8.78 Å². The molecule has 0 spiro atoms. The monoisotopic (exact) mass is 494 g/mol. The van der Waals surface area contributed by atoms with E-state index < -0.39 is 34.6 Å². The van der Waals surface area contributed by atoms with Crippen molar-refractivity contribution in [1.29, 1.82) is 0 Å². The van der Waals surface area contributed by atoms with Gasteiger partial charge in [-0.1, -0.05) is 29.3 Å². The number of halogens is 4. The van der Waals surface area contributed by atoms with Crippen molar-refractivity contribution in [3.05, 3.63) is 58.1 Å². The van der Waals surface area contributed by atoms with E-state index >= 15 is 0 Å². The van der Waals surface area contributed by atoms with E-state index in [1.807, 2.05) is 4.72 Å². The number of carbonyl (C=O) groups is 1. The number of ether oxygens (including phenoxy) is 2. The zero-order valence-corrected chi connectivity index (χ0v) is 18.2. The largest absolute Gasteiger partial charge is 0.435 e. The van der Waals surface area contributed by atoms with Gasteiger partial charge in [-0.05, 0) is 42.0 Å².